The lowest BCUT2D eigenvalue weighted by atomic mass is 9.94. The third-order valence-electron chi connectivity index (χ3n) is 5.10. The molecule has 1 saturated heterocycles. The summed E-state index contributed by atoms with van der Waals surface area (Å²) < 4.78 is 40.2. The quantitative estimate of drug-likeness (QED) is 0.739. The number of carbonyl (C=O) groups is 2. The van der Waals surface area contributed by atoms with E-state index in [0.29, 0.717) is 32.5 Å². The summed E-state index contributed by atoms with van der Waals surface area (Å²) >= 11 is 0. The number of nitrogens with zero attached hydrogens (tertiary/aromatic N) is 2. The lowest BCUT2D eigenvalue weighted by Gasteiger charge is -2.33. The van der Waals surface area contributed by atoms with Gasteiger partial charge in [-0.25, -0.2) is 17.5 Å². The van der Waals surface area contributed by atoms with Gasteiger partial charge in [-0.1, -0.05) is 13.3 Å². The van der Waals surface area contributed by atoms with Crippen LogP contribution >= 0.6 is 0 Å². The second-order valence-electron chi connectivity index (χ2n) is 7.03. The van der Waals surface area contributed by atoms with Gasteiger partial charge in [0.25, 0.3) is 5.91 Å². The van der Waals surface area contributed by atoms with Gasteiger partial charge in [-0.05, 0) is 44.5 Å². The van der Waals surface area contributed by atoms with Gasteiger partial charge in [0.05, 0.1) is 10.5 Å². The van der Waals surface area contributed by atoms with Crippen molar-refractivity contribution in [3.05, 3.63) is 29.6 Å². The Morgan fingerprint density at radius 3 is 2.50 bits per heavy atom. The molecule has 0 bridgehead atoms. The Morgan fingerprint density at radius 1 is 1.29 bits per heavy atom. The normalized spacial score (nSPS) is 15.5. The number of sulfonamides is 1. The van der Waals surface area contributed by atoms with Crippen LogP contribution in [0.3, 0.4) is 0 Å². The second-order valence-corrected chi connectivity index (χ2v) is 8.92. The van der Waals surface area contributed by atoms with Crippen molar-refractivity contribution in [2.75, 3.05) is 33.7 Å². The molecule has 0 aliphatic carbocycles. The number of hydrogen-bond acceptors (Lipinski definition) is 4. The van der Waals surface area contributed by atoms with Crippen molar-refractivity contribution >= 4 is 21.8 Å². The maximum atomic E-state index is 14.2. The van der Waals surface area contributed by atoms with Gasteiger partial charge < -0.3 is 9.80 Å². The van der Waals surface area contributed by atoms with E-state index < -0.39 is 21.7 Å². The van der Waals surface area contributed by atoms with E-state index in [1.165, 1.54) is 11.9 Å². The highest BCUT2D eigenvalue weighted by Gasteiger charge is 2.30. The van der Waals surface area contributed by atoms with E-state index in [1.54, 1.807) is 11.9 Å². The number of carbonyl (C=O) groups excluding carboxylic acids is 2. The van der Waals surface area contributed by atoms with Crippen LogP contribution in [0.4, 0.5) is 4.39 Å². The molecule has 0 saturated carbocycles. The van der Waals surface area contributed by atoms with Crippen molar-refractivity contribution in [1.29, 1.82) is 0 Å². The van der Waals surface area contributed by atoms with Crippen LogP contribution in [0.15, 0.2) is 23.1 Å². The average Bonchev–Trinajstić information content (AvgIpc) is 2.71. The first-order valence-corrected chi connectivity index (χ1v) is 11.0. The molecule has 1 aliphatic rings. The topological polar surface area (TPSA) is 86.8 Å². The Morgan fingerprint density at radius 2 is 1.93 bits per heavy atom. The molecular formula is C19H28FN3O4S. The van der Waals surface area contributed by atoms with Crippen LogP contribution in [0.5, 0.6) is 0 Å². The number of rotatable bonds is 7. The average molecular weight is 414 g/mol. The van der Waals surface area contributed by atoms with Crippen LogP contribution in [-0.4, -0.2) is 63.8 Å². The van der Waals surface area contributed by atoms with E-state index in [9.17, 15) is 22.4 Å². The molecule has 0 unspecified atom stereocenters. The van der Waals surface area contributed by atoms with E-state index in [2.05, 4.69) is 11.6 Å². The summed E-state index contributed by atoms with van der Waals surface area (Å²) in [6.07, 6.45) is 2.98. The third kappa shape index (κ3) is 5.08. The Hall–Kier alpha value is -2.00. The minimum Gasteiger partial charge on any atom is -0.346 e. The molecule has 156 valence electrons. The molecule has 7 nitrogen and oxygen atoms in total. The number of halogens is 1. The van der Waals surface area contributed by atoms with Crippen LogP contribution in [0.25, 0.3) is 0 Å². The molecule has 2 rings (SSSR count). The van der Waals surface area contributed by atoms with Crippen molar-refractivity contribution in [2.24, 2.45) is 5.92 Å². The van der Waals surface area contributed by atoms with E-state index in [-0.39, 0.29) is 22.3 Å². The maximum absolute atomic E-state index is 14.2. The summed E-state index contributed by atoms with van der Waals surface area (Å²) in [5, 5.41) is 0. The Bertz CT molecular complexity index is 820. The molecule has 1 heterocycles. The predicted molar refractivity (Wildman–Crippen MR) is 104 cm³/mol. The van der Waals surface area contributed by atoms with Crippen molar-refractivity contribution < 1.29 is 22.4 Å². The molecule has 9 heteroatoms. The van der Waals surface area contributed by atoms with Crippen molar-refractivity contribution in [1.82, 2.24) is 14.5 Å². The third-order valence-corrected chi connectivity index (χ3v) is 6.51. The van der Waals surface area contributed by atoms with Crippen LogP contribution in [0.1, 0.15) is 43.0 Å². The number of hydrogen-bond donors (Lipinski definition) is 1. The molecule has 0 radical (unpaired) electrons. The van der Waals surface area contributed by atoms with Crippen LogP contribution < -0.4 is 4.72 Å². The number of piperidine rings is 1. The zero-order chi connectivity index (χ0) is 20.9. The number of amides is 2. The molecule has 1 aliphatic heterocycles. The van der Waals surface area contributed by atoms with Crippen LogP contribution in [-0.2, 0) is 14.8 Å². The molecule has 2 amide bonds. The summed E-state index contributed by atoms with van der Waals surface area (Å²) in [4.78, 5) is 28.2. The molecule has 28 heavy (non-hydrogen) atoms. The monoisotopic (exact) mass is 413 g/mol. The molecule has 1 fully saturated rings. The first-order valence-electron chi connectivity index (χ1n) is 9.48. The lowest BCUT2D eigenvalue weighted by molar-refractivity contribution is -0.135. The Balaban J connectivity index is 2.06. The van der Waals surface area contributed by atoms with Gasteiger partial charge in [0.2, 0.25) is 15.9 Å². The first-order chi connectivity index (χ1) is 13.2. The lowest BCUT2D eigenvalue weighted by Crippen LogP contribution is -2.43. The second kappa shape index (κ2) is 9.47. The molecule has 0 spiro atoms. The van der Waals surface area contributed by atoms with E-state index >= 15 is 0 Å². The zero-order valence-corrected chi connectivity index (χ0v) is 17.4. The van der Waals surface area contributed by atoms with Gasteiger partial charge in [0.15, 0.2) is 0 Å². The highest BCUT2D eigenvalue weighted by atomic mass is 32.2. The fraction of sp³-hybridized carbons (Fsp3) is 0.579. The summed E-state index contributed by atoms with van der Waals surface area (Å²) in [6.45, 7) is 3.45. The summed E-state index contributed by atoms with van der Waals surface area (Å²) in [5.41, 5.74) is -0.277. The van der Waals surface area contributed by atoms with Gasteiger partial charge in [-0.15, -0.1) is 0 Å². The van der Waals surface area contributed by atoms with E-state index in [1.807, 2.05) is 0 Å². The maximum Gasteiger partial charge on any atom is 0.256 e. The standard InChI is InChI=1S/C19H28FN3O4S/c1-4-5-10-22(3)18(24)14-8-11-23(12-9-14)19(25)16-13-15(6-7-17(16)20)28(26,27)21-2/h6-7,13-14,21H,4-5,8-12H2,1-3H3. The molecule has 1 aromatic carbocycles. The van der Waals surface area contributed by atoms with E-state index in [4.69, 9.17) is 0 Å². The highest BCUT2D eigenvalue weighted by molar-refractivity contribution is 7.89. The minimum absolute atomic E-state index is 0.0776. The first kappa shape index (κ1) is 22.3. The van der Waals surface area contributed by atoms with Crippen molar-refractivity contribution in [3.8, 4) is 0 Å². The van der Waals surface area contributed by atoms with Crippen molar-refractivity contribution in [2.45, 2.75) is 37.5 Å². The number of unbranched alkanes of at least 4 members (excludes halogenated alkanes) is 1. The van der Waals surface area contributed by atoms with Gasteiger partial charge in [-0.2, -0.15) is 0 Å². The van der Waals surface area contributed by atoms with Gasteiger partial charge in [0.1, 0.15) is 5.82 Å². The fourth-order valence-electron chi connectivity index (χ4n) is 3.27. The van der Waals surface area contributed by atoms with Crippen LogP contribution in [0.2, 0.25) is 0 Å². The SMILES string of the molecule is CCCCN(C)C(=O)C1CCN(C(=O)c2cc(S(=O)(=O)NC)ccc2F)CC1. The molecule has 1 N–H and O–H groups in total. The van der Waals surface area contributed by atoms with Gasteiger partial charge >= 0.3 is 0 Å². The smallest absolute Gasteiger partial charge is 0.256 e. The number of benzene rings is 1. The predicted octanol–water partition coefficient (Wildman–Crippen LogP) is 1.84. The van der Waals surface area contributed by atoms with E-state index in [0.717, 1.165) is 31.0 Å². The Kier molecular flexibility index (Phi) is 7.54. The van der Waals surface area contributed by atoms with Gasteiger partial charge in [-0.3, -0.25) is 9.59 Å². The Labute approximate surface area is 165 Å². The van der Waals surface area contributed by atoms with Crippen LogP contribution in [0, 0.1) is 11.7 Å². The van der Waals surface area contributed by atoms with Gasteiger partial charge in [0, 0.05) is 32.6 Å². The zero-order valence-electron chi connectivity index (χ0n) is 16.6. The largest absolute Gasteiger partial charge is 0.346 e. The molecule has 0 atom stereocenters. The fourth-order valence-corrected chi connectivity index (χ4v) is 4.03. The molecular weight excluding hydrogens is 385 g/mol. The summed E-state index contributed by atoms with van der Waals surface area (Å²) in [5.74, 6) is -1.39. The highest BCUT2D eigenvalue weighted by Crippen LogP contribution is 2.23. The molecule has 0 aromatic heterocycles. The molecule has 1 aromatic rings. The number of nitrogens with one attached hydrogen (secondary N) is 1. The summed E-state index contributed by atoms with van der Waals surface area (Å²) in [7, 11) is -0.737. The van der Waals surface area contributed by atoms with Crippen molar-refractivity contribution in [3.63, 3.8) is 0 Å². The summed E-state index contributed by atoms with van der Waals surface area (Å²) in [6, 6.07) is 3.16. The minimum atomic E-state index is -3.78. The number of likely N-dealkylation sites (tertiary alicyclic amines) is 1.